The van der Waals surface area contributed by atoms with Crippen molar-refractivity contribution in [2.75, 3.05) is 14.2 Å². The summed E-state index contributed by atoms with van der Waals surface area (Å²) in [6.45, 7) is 3.79. The van der Waals surface area contributed by atoms with Crippen LogP contribution < -0.4 is 14.2 Å². The molecule has 5 heteroatoms. The van der Waals surface area contributed by atoms with Gasteiger partial charge in [0.2, 0.25) is 0 Å². The van der Waals surface area contributed by atoms with Gasteiger partial charge in [-0.25, -0.2) is 0 Å². The molecule has 0 bridgehead atoms. The number of aliphatic hydroxyl groups excluding tert-OH is 1. The third kappa shape index (κ3) is 2.99. The number of phenols is 1. The molecule has 26 heavy (non-hydrogen) atoms. The summed E-state index contributed by atoms with van der Waals surface area (Å²) >= 11 is 0. The van der Waals surface area contributed by atoms with Crippen LogP contribution >= 0.6 is 0 Å². The highest BCUT2D eigenvalue weighted by molar-refractivity contribution is 5.62. The second-order valence-electron chi connectivity index (χ2n) is 6.36. The summed E-state index contributed by atoms with van der Waals surface area (Å²) in [7, 11) is 3.11. The molecule has 0 radical (unpaired) electrons. The van der Waals surface area contributed by atoms with Crippen LogP contribution in [0, 0.1) is 0 Å². The predicted molar refractivity (Wildman–Crippen MR) is 100 cm³/mol. The Labute approximate surface area is 153 Å². The van der Waals surface area contributed by atoms with Crippen LogP contribution in [0.3, 0.4) is 0 Å². The van der Waals surface area contributed by atoms with Gasteiger partial charge < -0.3 is 24.4 Å². The normalized spacial score (nSPS) is 18.7. The topological polar surface area (TPSA) is 68.2 Å². The third-order valence-corrected chi connectivity index (χ3v) is 4.77. The lowest BCUT2D eigenvalue weighted by Gasteiger charge is -2.19. The van der Waals surface area contributed by atoms with Crippen molar-refractivity contribution in [2.24, 2.45) is 0 Å². The van der Waals surface area contributed by atoms with Crippen LogP contribution in [0.2, 0.25) is 0 Å². The van der Waals surface area contributed by atoms with Crippen LogP contribution in [-0.4, -0.2) is 24.4 Å². The first-order valence-corrected chi connectivity index (χ1v) is 8.55. The average Bonchev–Trinajstić information content (AvgIpc) is 2.98. The van der Waals surface area contributed by atoms with Crippen molar-refractivity contribution >= 4 is 6.08 Å². The van der Waals surface area contributed by atoms with E-state index < -0.39 is 0 Å². The van der Waals surface area contributed by atoms with Crippen LogP contribution in [0.1, 0.15) is 48.1 Å². The molecule has 0 unspecified atom stereocenters. The molecule has 1 aliphatic heterocycles. The van der Waals surface area contributed by atoms with Crippen molar-refractivity contribution in [1.82, 2.24) is 0 Å². The van der Waals surface area contributed by atoms with E-state index in [-0.39, 0.29) is 24.4 Å². The fourth-order valence-electron chi connectivity index (χ4n) is 3.43. The van der Waals surface area contributed by atoms with Gasteiger partial charge in [0.05, 0.1) is 20.8 Å². The first kappa shape index (κ1) is 18.1. The van der Waals surface area contributed by atoms with Crippen molar-refractivity contribution in [3.05, 3.63) is 52.6 Å². The zero-order chi connectivity index (χ0) is 18.8. The summed E-state index contributed by atoms with van der Waals surface area (Å²) in [5.41, 5.74) is 3.37. The number of aliphatic hydroxyl groups is 1. The summed E-state index contributed by atoms with van der Waals surface area (Å²) in [5.74, 6) is 1.77. The van der Waals surface area contributed by atoms with Gasteiger partial charge in [-0.1, -0.05) is 19.1 Å². The van der Waals surface area contributed by atoms with E-state index in [1.807, 2.05) is 25.1 Å². The molecular weight excluding hydrogens is 332 g/mol. The van der Waals surface area contributed by atoms with Crippen LogP contribution in [0.25, 0.3) is 6.08 Å². The molecule has 138 valence electrons. The second-order valence-corrected chi connectivity index (χ2v) is 6.36. The SMILES string of the molecule is CC=Cc1cc(OC)c2c(c1)[C@H](C)[C@@H](c1cc(CO)c(O)c(OC)c1)O2. The maximum absolute atomic E-state index is 10.1. The van der Waals surface area contributed by atoms with Crippen molar-refractivity contribution in [3.63, 3.8) is 0 Å². The lowest BCUT2D eigenvalue weighted by atomic mass is 9.90. The largest absolute Gasteiger partial charge is 0.504 e. The first-order valence-electron chi connectivity index (χ1n) is 8.55. The standard InChI is InChI=1S/C21H24O5/c1-5-6-13-7-16-12(2)20(26-21(16)18(8-13)25-4)14-9-15(11-22)19(23)17(10-14)24-3/h5-10,12,20,22-23H,11H2,1-4H3/t12-,20-/m0/s1. The molecule has 0 saturated heterocycles. The Hall–Kier alpha value is -2.66. The number of allylic oxidation sites excluding steroid dienone is 1. The van der Waals surface area contributed by atoms with E-state index in [9.17, 15) is 10.2 Å². The van der Waals surface area contributed by atoms with Crippen LogP contribution in [0.4, 0.5) is 0 Å². The smallest absolute Gasteiger partial charge is 0.165 e. The monoisotopic (exact) mass is 356 g/mol. The van der Waals surface area contributed by atoms with Crippen molar-refractivity contribution in [2.45, 2.75) is 32.5 Å². The molecule has 0 aromatic heterocycles. The van der Waals surface area contributed by atoms with Crippen LogP contribution in [0.15, 0.2) is 30.3 Å². The molecule has 3 rings (SSSR count). The lowest BCUT2D eigenvalue weighted by molar-refractivity contribution is 0.206. The Morgan fingerprint density at radius 3 is 2.46 bits per heavy atom. The highest BCUT2D eigenvalue weighted by Crippen LogP contribution is 2.51. The quantitative estimate of drug-likeness (QED) is 0.841. The van der Waals surface area contributed by atoms with E-state index in [2.05, 4.69) is 13.0 Å². The second kappa shape index (κ2) is 7.30. The van der Waals surface area contributed by atoms with Crippen molar-refractivity contribution in [3.8, 4) is 23.0 Å². The molecule has 1 aliphatic rings. The number of hydrogen-bond donors (Lipinski definition) is 2. The molecule has 0 amide bonds. The maximum atomic E-state index is 10.1. The number of ether oxygens (including phenoxy) is 3. The number of benzene rings is 2. The third-order valence-electron chi connectivity index (χ3n) is 4.77. The zero-order valence-corrected chi connectivity index (χ0v) is 15.4. The maximum Gasteiger partial charge on any atom is 0.165 e. The molecule has 0 aliphatic carbocycles. The summed E-state index contributed by atoms with van der Waals surface area (Å²) < 4.78 is 17.0. The van der Waals surface area contributed by atoms with E-state index >= 15 is 0 Å². The minimum atomic E-state index is -0.279. The fourth-order valence-corrected chi connectivity index (χ4v) is 3.43. The first-order chi connectivity index (χ1) is 12.5. The fraction of sp³-hybridized carbons (Fsp3) is 0.333. The highest BCUT2D eigenvalue weighted by Gasteiger charge is 2.35. The van der Waals surface area contributed by atoms with Crippen LogP contribution in [-0.2, 0) is 6.61 Å². The molecule has 0 fully saturated rings. The lowest BCUT2D eigenvalue weighted by Crippen LogP contribution is -2.08. The van der Waals surface area contributed by atoms with Gasteiger partial charge in [0, 0.05) is 17.0 Å². The number of hydrogen-bond acceptors (Lipinski definition) is 5. The Kier molecular flexibility index (Phi) is 5.09. The van der Waals surface area contributed by atoms with Gasteiger partial charge in [-0.15, -0.1) is 0 Å². The van der Waals surface area contributed by atoms with E-state index in [1.165, 1.54) is 7.11 Å². The molecular formula is C21H24O5. The minimum Gasteiger partial charge on any atom is -0.504 e. The van der Waals surface area contributed by atoms with Gasteiger partial charge in [0.15, 0.2) is 23.0 Å². The Morgan fingerprint density at radius 1 is 1.12 bits per heavy atom. The molecule has 2 atom stereocenters. The Balaban J connectivity index is 2.07. The zero-order valence-electron chi connectivity index (χ0n) is 15.4. The van der Waals surface area contributed by atoms with E-state index in [1.54, 1.807) is 19.2 Å². The Morgan fingerprint density at radius 2 is 1.85 bits per heavy atom. The molecule has 2 aromatic rings. The van der Waals surface area contributed by atoms with Gasteiger partial charge in [-0.3, -0.25) is 0 Å². The van der Waals surface area contributed by atoms with Crippen molar-refractivity contribution < 1.29 is 24.4 Å². The van der Waals surface area contributed by atoms with E-state index in [0.29, 0.717) is 17.1 Å². The van der Waals surface area contributed by atoms with E-state index in [0.717, 1.165) is 22.4 Å². The Bertz CT molecular complexity index is 816. The summed E-state index contributed by atoms with van der Waals surface area (Å²) in [5, 5.41) is 19.7. The number of aromatic hydroxyl groups is 1. The molecule has 0 spiro atoms. The molecule has 1 heterocycles. The minimum absolute atomic E-state index is 0.0464. The van der Waals surface area contributed by atoms with Gasteiger partial charge in [-0.2, -0.15) is 0 Å². The van der Waals surface area contributed by atoms with Crippen LogP contribution in [0.5, 0.6) is 23.0 Å². The molecule has 2 aromatic carbocycles. The predicted octanol–water partition coefficient (Wildman–Crippen LogP) is 4.17. The van der Waals surface area contributed by atoms with Gasteiger partial charge in [-0.05, 0) is 42.3 Å². The molecule has 5 nitrogen and oxygen atoms in total. The summed E-state index contributed by atoms with van der Waals surface area (Å²) in [6.07, 6.45) is 3.74. The van der Waals surface area contributed by atoms with Crippen molar-refractivity contribution in [1.29, 1.82) is 0 Å². The average molecular weight is 356 g/mol. The highest BCUT2D eigenvalue weighted by atomic mass is 16.5. The van der Waals surface area contributed by atoms with Gasteiger partial charge in [0.25, 0.3) is 0 Å². The molecule has 2 N–H and O–H groups in total. The number of rotatable bonds is 5. The summed E-state index contributed by atoms with van der Waals surface area (Å²) in [4.78, 5) is 0. The van der Waals surface area contributed by atoms with E-state index in [4.69, 9.17) is 14.2 Å². The number of methoxy groups -OCH3 is 2. The van der Waals surface area contributed by atoms with Gasteiger partial charge in [0.1, 0.15) is 6.10 Å². The number of fused-ring (bicyclic) bond motifs is 1. The van der Waals surface area contributed by atoms with Gasteiger partial charge >= 0.3 is 0 Å². The summed E-state index contributed by atoms with van der Waals surface area (Å²) in [6, 6.07) is 7.56. The molecule has 0 saturated carbocycles.